The van der Waals surface area contributed by atoms with E-state index in [4.69, 9.17) is 9.84 Å². The maximum absolute atomic E-state index is 11.9. The Bertz CT molecular complexity index is 279. The van der Waals surface area contributed by atoms with Crippen molar-refractivity contribution in [2.24, 2.45) is 0 Å². The third kappa shape index (κ3) is 4.22. The van der Waals surface area contributed by atoms with E-state index in [0.29, 0.717) is 13.2 Å². The number of amides is 2. The van der Waals surface area contributed by atoms with E-state index in [1.165, 1.54) is 18.7 Å². The van der Waals surface area contributed by atoms with E-state index in [-0.39, 0.29) is 6.04 Å². The molecule has 0 aromatic heterocycles. The lowest BCUT2D eigenvalue weighted by molar-refractivity contribution is -0.147. The van der Waals surface area contributed by atoms with E-state index >= 15 is 0 Å². The van der Waals surface area contributed by atoms with Crippen LogP contribution in [0.5, 0.6) is 0 Å². The van der Waals surface area contributed by atoms with Gasteiger partial charge in [0, 0.05) is 13.7 Å². The van der Waals surface area contributed by atoms with Crippen molar-refractivity contribution in [3.05, 3.63) is 0 Å². The highest BCUT2D eigenvalue weighted by molar-refractivity contribution is 5.85. The Balaban J connectivity index is 4.67. The summed E-state index contributed by atoms with van der Waals surface area (Å²) < 4.78 is 4.90. The summed E-state index contributed by atoms with van der Waals surface area (Å²) in [5.41, 5.74) is -1.23. The Morgan fingerprint density at radius 2 is 2.00 bits per heavy atom. The highest BCUT2D eigenvalue weighted by Crippen LogP contribution is 2.14. The minimum absolute atomic E-state index is 0.161. The molecule has 0 rings (SSSR count). The van der Waals surface area contributed by atoms with Crippen molar-refractivity contribution in [2.45, 2.75) is 39.3 Å². The fourth-order valence-corrected chi connectivity index (χ4v) is 1.49. The molecule has 1 atom stereocenters. The Labute approximate surface area is 102 Å². The van der Waals surface area contributed by atoms with Crippen LogP contribution in [0.15, 0.2) is 0 Å². The predicted octanol–water partition coefficient (Wildman–Crippen LogP) is 0.916. The highest BCUT2D eigenvalue weighted by atomic mass is 16.5. The monoisotopic (exact) mass is 246 g/mol. The fourth-order valence-electron chi connectivity index (χ4n) is 1.49. The van der Waals surface area contributed by atoms with Crippen molar-refractivity contribution < 1.29 is 19.4 Å². The van der Waals surface area contributed by atoms with Crippen molar-refractivity contribution >= 4 is 12.0 Å². The number of nitrogens with one attached hydrogen (secondary N) is 1. The minimum Gasteiger partial charge on any atom is -0.480 e. The van der Waals surface area contributed by atoms with Gasteiger partial charge >= 0.3 is 12.0 Å². The zero-order chi connectivity index (χ0) is 13.6. The maximum Gasteiger partial charge on any atom is 0.329 e. The zero-order valence-electron chi connectivity index (χ0n) is 11.1. The molecule has 0 aliphatic rings. The zero-order valence-corrected chi connectivity index (χ0v) is 11.1. The number of carboxylic acid groups (broad SMARTS) is 1. The van der Waals surface area contributed by atoms with E-state index in [2.05, 4.69) is 5.32 Å². The summed E-state index contributed by atoms with van der Waals surface area (Å²) in [4.78, 5) is 24.3. The third-order valence-corrected chi connectivity index (χ3v) is 2.55. The molecule has 0 aromatic rings. The summed E-state index contributed by atoms with van der Waals surface area (Å²) in [6, 6.07) is -0.560. The molecule has 0 aliphatic heterocycles. The molecule has 2 N–H and O–H groups in total. The summed E-state index contributed by atoms with van der Waals surface area (Å²) in [6.07, 6.45) is 0. The van der Waals surface area contributed by atoms with Crippen LogP contribution >= 0.6 is 0 Å². The number of likely N-dealkylation sites (N-methyl/N-ethyl adjacent to an activating group) is 1. The maximum atomic E-state index is 11.9. The average molecular weight is 246 g/mol. The summed E-state index contributed by atoms with van der Waals surface area (Å²) in [6.45, 7) is 7.24. The number of hydrogen-bond acceptors (Lipinski definition) is 3. The summed E-state index contributed by atoms with van der Waals surface area (Å²) >= 11 is 0. The smallest absolute Gasteiger partial charge is 0.329 e. The average Bonchev–Trinajstić information content (AvgIpc) is 2.17. The summed E-state index contributed by atoms with van der Waals surface area (Å²) in [7, 11) is 1.54. The molecular weight excluding hydrogens is 224 g/mol. The van der Waals surface area contributed by atoms with Gasteiger partial charge in [-0.2, -0.15) is 0 Å². The van der Waals surface area contributed by atoms with Crippen LogP contribution in [0.2, 0.25) is 0 Å². The van der Waals surface area contributed by atoms with Gasteiger partial charge in [-0.1, -0.05) is 0 Å². The Kier molecular flexibility index (Phi) is 5.95. The van der Waals surface area contributed by atoms with Crippen LogP contribution in [-0.2, 0) is 9.53 Å². The first-order valence-corrected chi connectivity index (χ1v) is 5.57. The van der Waals surface area contributed by atoms with Crippen molar-refractivity contribution in [3.8, 4) is 0 Å². The van der Waals surface area contributed by atoms with Crippen LogP contribution in [0.1, 0.15) is 27.7 Å². The molecule has 1 unspecified atom stereocenters. The first-order valence-electron chi connectivity index (χ1n) is 5.57. The number of rotatable bonds is 6. The summed E-state index contributed by atoms with van der Waals surface area (Å²) in [5, 5.41) is 11.8. The van der Waals surface area contributed by atoms with E-state index in [1.54, 1.807) is 21.0 Å². The number of methoxy groups -OCH3 is 1. The molecule has 0 heterocycles. The van der Waals surface area contributed by atoms with Gasteiger partial charge in [-0.3, -0.25) is 0 Å². The fraction of sp³-hybridized carbons (Fsp3) is 0.818. The SMILES string of the molecule is CCN(C(=O)NC(C)COC)C(C)(C)C(=O)O. The number of urea groups is 1. The molecule has 0 fully saturated rings. The van der Waals surface area contributed by atoms with Crippen LogP contribution in [0.25, 0.3) is 0 Å². The molecule has 6 heteroatoms. The molecule has 17 heavy (non-hydrogen) atoms. The first kappa shape index (κ1) is 15.7. The molecule has 0 aromatic carbocycles. The Morgan fingerprint density at radius 1 is 1.47 bits per heavy atom. The number of aliphatic carboxylic acids is 1. The van der Waals surface area contributed by atoms with Gasteiger partial charge in [0.25, 0.3) is 0 Å². The molecule has 0 spiro atoms. The third-order valence-electron chi connectivity index (χ3n) is 2.55. The second-order valence-corrected chi connectivity index (χ2v) is 4.41. The number of ether oxygens (including phenoxy) is 1. The van der Waals surface area contributed by atoms with Gasteiger partial charge in [-0.05, 0) is 27.7 Å². The van der Waals surface area contributed by atoms with Crippen molar-refractivity contribution in [1.82, 2.24) is 10.2 Å². The van der Waals surface area contributed by atoms with Crippen molar-refractivity contribution in [2.75, 3.05) is 20.3 Å². The molecule has 0 bridgehead atoms. The lowest BCUT2D eigenvalue weighted by Crippen LogP contribution is -2.57. The molecule has 0 aliphatic carbocycles. The molecule has 0 saturated heterocycles. The van der Waals surface area contributed by atoms with Gasteiger partial charge < -0.3 is 20.1 Å². The van der Waals surface area contributed by atoms with E-state index in [1.807, 2.05) is 0 Å². The minimum atomic E-state index is -1.23. The number of carbonyl (C=O) groups excluding carboxylic acids is 1. The molecule has 0 saturated carbocycles. The quantitative estimate of drug-likeness (QED) is 0.730. The normalized spacial score (nSPS) is 13.0. The second kappa shape index (κ2) is 6.44. The Morgan fingerprint density at radius 3 is 2.35 bits per heavy atom. The van der Waals surface area contributed by atoms with Gasteiger partial charge in [0.2, 0.25) is 0 Å². The van der Waals surface area contributed by atoms with Crippen LogP contribution in [0, 0.1) is 0 Å². The predicted molar refractivity (Wildman–Crippen MR) is 64.0 cm³/mol. The molecular formula is C11H22N2O4. The van der Waals surface area contributed by atoms with Gasteiger partial charge in [0.1, 0.15) is 5.54 Å². The van der Waals surface area contributed by atoms with Crippen LogP contribution in [0.3, 0.4) is 0 Å². The van der Waals surface area contributed by atoms with E-state index < -0.39 is 17.5 Å². The number of nitrogens with zero attached hydrogens (tertiary/aromatic N) is 1. The van der Waals surface area contributed by atoms with Crippen LogP contribution in [-0.4, -0.2) is 53.8 Å². The lowest BCUT2D eigenvalue weighted by atomic mass is 10.0. The van der Waals surface area contributed by atoms with Gasteiger partial charge in [-0.15, -0.1) is 0 Å². The number of carbonyl (C=O) groups is 2. The molecule has 100 valence electrons. The molecule has 6 nitrogen and oxygen atoms in total. The largest absolute Gasteiger partial charge is 0.480 e. The topological polar surface area (TPSA) is 78.9 Å². The van der Waals surface area contributed by atoms with Crippen LogP contribution < -0.4 is 5.32 Å². The first-order chi connectivity index (χ1) is 7.77. The van der Waals surface area contributed by atoms with Gasteiger partial charge in [-0.25, -0.2) is 9.59 Å². The van der Waals surface area contributed by atoms with E-state index in [0.717, 1.165) is 0 Å². The number of hydrogen-bond donors (Lipinski definition) is 2. The van der Waals surface area contributed by atoms with Gasteiger partial charge in [0.15, 0.2) is 0 Å². The number of carboxylic acids is 1. The summed E-state index contributed by atoms with van der Waals surface area (Å²) in [5.74, 6) is -1.03. The van der Waals surface area contributed by atoms with Crippen LogP contribution in [0.4, 0.5) is 4.79 Å². The molecule has 0 radical (unpaired) electrons. The Hall–Kier alpha value is -1.30. The standard InChI is InChI=1S/C11H22N2O4/c1-6-13(11(3,4)9(14)15)10(16)12-8(2)7-17-5/h8H,6-7H2,1-5H3,(H,12,16)(H,14,15). The van der Waals surface area contributed by atoms with Gasteiger partial charge in [0.05, 0.1) is 12.6 Å². The van der Waals surface area contributed by atoms with Crippen molar-refractivity contribution in [3.63, 3.8) is 0 Å². The second-order valence-electron chi connectivity index (χ2n) is 4.41. The van der Waals surface area contributed by atoms with E-state index in [9.17, 15) is 9.59 Å². The lowest BCUT2D eigenvalue weighted by Gasteiger charge is -2.34. The highest BCUT2D eigenvalue weighted by Gasteiger charge is 2.37. The molecule has 2 amide bonds. The van der Waals surface area contributed by atoms with Crippen molar-refractivity contribution in [1.29, 1.82) is 0 Å².